The average molecular weight is 395 g/mol. The fourth-order valence-corrected chi connectivity index (χ4v) is 5.20. The Labute approximate surface area is 160 Å². The number of nitrogens with one attached hydrogen (secondary N) is 1. The first-order chi connectivity index (χ1) is 11.9. The van der Waals surface area contributed by atoms with Crippen LogP contribution in [0.3, 0.4) is 0 Å². The summed E-state index contributed by atoms with van der Waals surface area (Å²) in [6.45, 7) is 2.20. The van der Waals surface area contributed by atoms with Gasteiger partial charge in [0, 0.05) is 14.8 Å². The highest BCUT2D eigenvalue weighted by Gasteiger charge is 2.27. The number of hydrogen-bond donors (Lipinski definition) is 2. The van der Waals surface area contributed by atoms with Crippen molar-refractivity contribution in [2.45, 2.75) is 31.1 Å². The van der Waals surface area contributed by atoms with Gasteiger partial charge in [0.2, 0.25) is 5.91 Å². The molecule has 1 aliphatic carbocycles. The van der Waals surface area contributed by atoms with E-state index >= 15 is 0 Å². The van der Waals surface area contributed by atoms with E-state index in [2.05, 4.69) is 12.2 Å². The van der Waals surface area contributed by atoms with Crippen molar-refractivity contribution in [3.8, 4) is 0 Å². The summed E-state index contributed by atoms with van der Waals surface area (Å²) in [5.41, 5.74) is 7.09. The van der Waals surface area contributed by atoms with E-state index in [9.17, 15) is 9.59 Å². The van der Waals surface area contributed by atoms with Gasteiger partial charge < -0.3 is 11.1 Å². The molecule has 1 aliphatic rings. The zero-order valence-corrected chi connectivity index (χ0v) is 16.2. The van der Waals surface area contributed by atoms with Crippen LogP contribution in [-0.4, -0.2) is 17.6 Å². The van der Waals surface area contributed by atoms with E-state index in [1.165, 1.54) is 28.0 Å². The molecule has 3 N–H and O–H groups in total. The van der Waals surface area contributed by atoms with Crippen molar-refractivity contribution in [3.63, 3.8) is 0 Å². The third-order valence-electron chi connectivity index (χ3n) is 4.19. The van der Waals surface area contributed by atoms with Crippen LogP contribution in [-0.2, 0) is 17.6 Å². The number of amides is 2. The van der Waals surface area contributed by atoms with E-state index in [-0.39, 0.29) is 11.7 Å². The second kappa shape index (κ2) is 7.81. The quantitative estimate of drug-likeness (QED) is 0.740. The number of carbonyl (C=O) groups excluding carboxylic acids is 2. The molecular formula is C18H19ClN2O2S2. The summed E-state index contributed by atoms with van der Waals surface area (Å²) in [4.78, 5) is 26.3. The fourth-order valence-electron chi connectivity index (χ4n) is 2.94. The van der Waals surface area contributed by atoms with Crippen molar-refractivity contribution < 1.29 is 9.59 Å². The van der Waals surface area contributed by atoms with Gasteiger partial charge in [-0.15, -0.1) is 23.1 Å². The largest absolute Gasteiger partial charge is 0.365 e. The van der Waals surface area contributed by atoms with Gasteiger partial charge in [-0.1, -0.05) is 18.5 Å². The molecular weight excluding hydrogens is 376 g/mol. The monoisotopic (exact) mass is 394 g/mol. The molecule has 1 atom stereocenters. The Morgan fingerprint density at radius 3 is 2.76 bits per heavy atom. The van der Waals surface area contributed by atoms with E-state index in [4.69, 9.17) is 17.3 Å². The van der Waals surface area contributed by atoms with Gasteiger partial charge in [0.25, 0.3) is 5.91 Å². The number of nitrogens with two attached hydrogens (primary N) is 1. The van der Waals surface area contributed by atoms with Crippen LogP contribution in [0.4, 0.5) is 5.00 Å². The van der Waals surface area contributed by atoms with E-state index in [1.54, 1.807) is 12.1 Å². The molecule has 1 aromatic carbocycles. The lowest BCUT2D eigenvalue weighted by Crippen LogP contribution is -2.20. The van der Waals surface area contributed by atoms with Crippen LogP contribution < -0.4 is 11.1 Å². The maximum Gasteiger partial charge on any atom is 0.251 e. The van der Waals surface area contributed by atoms with Gasteiger partial charge in [0.1, 0.15) is 5.00 Å². The van der Waals surface area contributed by atoms with Gasteiger partial charge in [-0.3, -0.25) is 9.59 Å². The molecule has 2 aromatic rings. The zero-order valence-electron chi connectivity index (χ0n) is 13.8. The average Bonchev–Trinajstić information content (AvgIpc) is 2.91. The standard InChI is InChI=1S/C18H19ClN2O2S2/c1-10-2-7-13-14(8-10)25-18(16(13)17(20)23)21-15(22)9-24-12-5-3-11(19)4-6-12/h3-6,10H,2,7-9H2,1H3,(H2,20,23)(H,21,22)/t10-/m0/s1. The first-order valence-electron chi connectivity index (χ1n) is 8.06. The number of halogens is 1. The molecule has 0 bridgehead atoms. The molecule has 0 saturated heterocycles. The highest BCUT2D eigenvalue weighted by atomic mass is 35.5. The maximum absolute atomic E-state index is 12.3. The highest BCUT2D eigenvalue weighted by molar-refractivity contribution is 8.00. The van der Waals surface area contributed by atoms with Crippen molar-refractivity contribution in [2.24, 2.45) is 11.7 Å². The molecule has 132 valence electrons. The summed E-state index contributed by atoms with van der Waals surface area (Å²) >= 11 is 8.77. The van der Waals surface area contributed by atoms with Crippen molar-refractivity contribution in [3.05, 3.63) is 45.3 Å². The molecule has 1 aromatic heterocycles. The Balaban J connectivity index is 1.70. The molecule has 4 nitrogen and oxygen atoms in total. The minimum atomic E-state index is -0.465. The molecule has 1 heterocycles. The number of rotatable bonds is 5. The molecule has 0 radical (unpaired) electrons. The number of primary amides is 1. The van der Waals surface area contributed by atoms with Crippen LogP contribution in [0.25, 0.3) is 0 Å². The maximum atomic E-state index is 12.3. The fraction of sp³-hybridized carbons (Fsp3) is 0.333. The van der Waals surface area contributed by atoms with Crippen LogP contribution in [0.15, 0.2) is 29.2 Å². The number of benzene rings is 1. The van der Waals surface area contributed by atoms with Crippen LogP contribution >= 0.6 is 34.7 Å². The third kappa shape index (κ3) is 4.37. The van der Waals surface area contributed by atoms with Gasteiger partial charge >= 0.3 is 0 Å². The van der Waals surface area contributed by atoms with Gasteiger partial charge in [-0.2, -0.15) is 0 Å². The second-order valence-corrected chi connectivity index (χ2v) is 8.80. The summed E-state index contributed by atoms with van der Waals surface area (Å²) in [6.07, 6.45) is 2.83. The molecule has 3 rings (SSSR count). The second-order valence-electron chi connectivity index (χ2n) is 6.21. The van der Waals surface area contributed by atoms with E-state index in [1.807, 2.05) is 12.1 Å². The third-order valence-corrected chi connectivity index (χ3v) is 6.63. The summed E-state index contributed by atoms with van der Waals surface area (Å²) < 4.78 is 0. The molecule has 0 saturated carbocycles. The Morgan fingerprint density at radius 2 is 2.08 bits per heavy atom. The van der Waals surface area contributed by atoms with Crippen LogP contribution in [0.1, 0.15) is 34.1 Å². The van der Waals surface area contributed by atoms with Gasteiger partial charge in [-0.05, 0) is 55.0 Å². The SMILES string of the molecule is C[C@H]1CCc2c(sc(NC(=O)CSc3ccc(Cl)cc3)c2C(N)=O)C1. The van der Waals surface area contributed by atoms with Crippen molar-refractivity contribution in [1.29, 1.82) is 0 Å². The summed E-state index contributed by atoms with van der Waals surface area (Å²) in [5, 5.41) is 4.13. The summed E-state index contributed by atoms with van der Waals surface area (Å²) in [6, 6.07) is 7.34. The lowest BCUT2D eigenvalue weighted by molar-refractivity contribution is -0.113. The molecule has 0 unspecified atom stereocenters. The Hall–Kier alpha value is -1.50. The Kier molecular flexibility index (Phi) is 5.71. The molecule has 0 fully saturated rings. The lowest BCUT2D eigenvalue weighted by atomic mass is 9.88. The topological polar surface area (TPSA) is 72.2 Å². The molecule has 7 heteroatoms. The number of carbonyl (C=O) groups is 2. The van der Waals surface area contributed by atoms with Crippen LogP contribution in [0.5, 0.6) is 0 Å². The number of anilines is 1. The van der Waals surface area contributed by atoms with E-state index in [0.717, 1.165) is 29.7 Å². The molecule has 0 spiro atoms. The van der Waals surface area contributed by atoms with E-state index < -0.39 is 5.91 Å². The van der Waals surface area contributed by atoms with E-state index in [0.29, 0.717) is 21.5 Å². The number of thioether (sulfide) groups is 1. The first kappa shape index (κ1) is 18.3. The number of hydrogen-bond acceptors (Lipinski definition) is 4. The Bertz CT molecular complexity index is 802. The van der Waals surface area contributed by atoms with Crippen molar-refractivity contribution in [1.82, 2.24) is 0 Å². The molecule has 25 heavy (non-hydrogen) atoms. The Morgan fingerprint density at radius 1 is 1.36 bits per heavy atom. The van der Waals surface area contributed by atoms with Crippen LogP contribution in [0, 0.1) is 5.92 Å². The minimum Gasteiger partial charge on any atom is -0.365 e. The number of thiophene rings is 1. The number of fused-ring (bicyclic) bond motifs is 1. The van der Waals surface area contributed by atoms with Crippen molar-refractivity contribution in [2.75, 3.05) is 11.1 Å². The molecule has 2 amide bonds. The first-order valence-corrected chi connectivity index (χ1v) is 10.2. The summed E-state index contributed by atoms with van der Waals surface area (Å²) in [5.74, 6) is 0.247. The normalized spacial score (nSPS) is 16.3. The summed E-state index contributed by atoms with van der Waals surface area (Å²) in [7, 11) is 0. The predicted molar refractivity (Wildman–Crippen MR) is 105 cm³/mol. The van der Waals surface area contributed by atoms with Gasteiger partial charge in [-0.25, -0.2) is 0 Å². The molecule has 0 aliphatic heterocycles. The lowest BCUT2D eigenvalue weighted by Gasteiger charge is -2.18. The predicted octanol–water partition coefficient (Wildman–Crippen LogP) is 4.36. The van der Waals surface area contributed by atoms with Crippen LogP contribution in [0.2, 0.25) is 5.02 Å². The minimum absolute atomic E-state index is 0.144. The highest BCUT2D eigenvalue weighted by Crippen LogP contribution is 2.39. The van der Waals surface area contributed by atoms with Gasteiger partial charge in [0.05, 0.1) is 11.3 Å². The zero-order chi connectivity index (χ0) is 18.0. The van der Waals surface area contributed by atoms with Crippen molar-refractivity contribution >= 4 is 51.5 Å². The van der Waals surface area contributed by atoms with Gasteiger partial charge in [0.15, 0.2) is 0 Å². The smallest absolute Gasteiger partial charge is 0.251 e.